The molecule has 0 aromatic heterocycles. The van der Waals surface area contributed by atoms with Gasteiger partial charge in [-0.1, -0.05) is 24.8 Å². The van der Waals surface area contributed by atoms with Crippen molar-refractivity contribution in [2.24, 2.45) is 5.10 Å². The Morgan fingerprint density at radius 2 is 1.96 bits per heavy atom. The number of methoxy groups -OCH3 is 1. The van der Waals surface area contributed by atoms with Gasteiger partial charge in [0.2, 0.25) is 0 Å². The predicted molar refractivity (Wildman–Crippen MR) is 90.2 cm³/mol. The van der Waals surface area contributed by atoms with Gasteiger partial charge < -0.3 is 9.47 Å². The standard InChI is InChI=1S/C18H18N2O3/c1-3-12-23-17-7-5-4-6-15(17)13-19-20-18(21)14-8-10-16(22-2)11-9-14/h3-11,13H,1,12H2,2H3,(H,20,21). The lowest BCUT2D eigenvalue weighted by molar-refractivity contribution is 0.0955. The molecule has 0 aliphatic rings. The van der Waals surface area contributed by atoms with Gasteiger partial charge in [0.25, 0.3) is 5.91 Å². The molecule has 0 unspecified atom stereocenters. The summed E-state index contributed by atoms with van der Waals surface area (Å²) in [5, 5.41) is 3.97. The van der Waals surface area contributed by atoms with E-state index < -0.39 is 0 Å². The summed E-state index contributed by atoms with van der Waals surface area (Å²) >= 11 is 0. The summed E-state index contributed by atoms with van der Waals surface area (Å²) < 4.78 is 10.6. The Labute approximate surface area is 135 Å². The second-order valence-corrected chi connectivity index (χ2v) is 4.57. The van der Waals surface area contributed by atoms with Crippen LogP contribution in [0.5, 0.6) is 11.5 Å². The molecule has 0 heterocycles. The number of para-hydroxylation sites is 1. The van der Waals surface area contributed by atoms with Crippen molar-refractivity contribution in [3.05, 3.63) is 72.3 Å². The monoisotopic (exact) mass is 310 g/mol. The third kappa shape index (κ3) is 4.71. The molecule has 0 saturated heterocycles. The zero-order valence-electron chi connectivity index (χ0n) is 12.9. The van der Waals surface area contributed by atoms with Crippen LogP contribution in [-0.2, 0) is 0 Å². The van der Waals surface area contributed by atoms with Crippen molar-refractivity contribution in [2.45, 2.75) is 0 Å². The maximum atomic E-state index is 12.0. The van der Waals surface area contributed by atoms with Crippen LogP contribution in [0.25, 0.3) is 0 Å². The van der Waals surface area contributed by atoms with Gasteiger partial charge in [-0.3, -0.25) is 4.79 Å². The van der Waals surface area contributed by atoms with Gasteiger partial charge in [0.15, 0.2) is 0 Å². The van der Waals surface area contributed by atoms with Crippen LogP contribution in [0.1, 0.15) is 15.9 Å². The second kappa shape index (κ2) is 8.38. The van der Waals surface area contributed by atoms with Crippen LogP contribution in [0.2, 0.25) is 0 Å². The van der Waals surface area contributed by atoms with Gasteiger partial charge in [0.1, 0.15) is 18.1 Å². The number of ether oxygens (including phenoxy) is 2. The van der Waals surface area contributed by atoms with Crippen LogP contribution in [-0.4, -0.2) is 25.8 Å². The topological polar surface area (TPSA) is 59.9 Å². The molecule has 2 aromatic rings. The average molecular weight is 310 g/mol. The first-order valence-electron chi connectivity index (χ1n) is 7.04. The maximum absolute atomic E-state index is 12.0. The highest BCUT2D eigenvalue weighted by Gasteiger charge is 2.04. The van der Waals surface area contributed by atoms with Gasteiger partial charge >= 0.3 is 0 Å². The van der Waals surface area contributed by atoms with Crippen LogP contribution in [0.3, 0.4) is 0 Å². The van der Waals surface area contributed by atoms with E-state index in [0.717, 1.165) is 5.56 Å². The Kier molecular flexibility index (Phi) is 5.94. The normalized spacial score (nSPS) is 10.3. The molecule has 0 fully saturated rings. The lowest BCUT2D eigenvalue weighted by atomic mass is 10.2. The summed E-state index contributed by atoms with van der Waals surface area (Å²) in [6.45, 7) is 4.02. The van der Waals surface area contributed by atoms with Gasteiger partial charge in [-0.05, 0) is 36.4 Å². The smallest absolute Gasteiger partial charge is 0.271 e. The maximum Gasteiger partial charge on any atom is 0.271 e. The molecule has 5 nitrogen and oxygen atoms in total. The van der Waals surface area contributed by atoms with Gasteiger partial charge in [0.05, 0.1) is 13.3 Å². The van der Waals surface area contributed by atoms with E-state index in [9.17, 15) is 4.79 Å². The largest absolute Gasteiger partial charge is 0.497 e. The van der Waals surface area contributed by atoms with E-state index in [1.807, 2.05) is 24.3 Å². The highest BCUT2D eigenvalue weighted by atomic mass is 16.5. The number of hydrogen-bond donors (Lipinski definition) is 1. The fraction of sp³-hybridized carbons (Fsp3) is 0.111. The van der Waals surface area contributed by atoms with E-state index in [4.69, 9.17) is 9.47 Å². The molecule has 0 aliphatic heterocycles. The molecule has 0 atom stereocenters. The average Bonchev–Trinajstić information content (AvgIpc) is 2.61. The van der Waals surface area contributed by atoms with Crippen LogP contribution in [0.4, 0.5) is 0 Å². The number of rotatable bonds is 7. The summed E-state index contributed by atoms with van der Waals surface area (Å²) in [5.74, 6) is 1.07. The highest BCUT2D eigenvalue weighted by Crippen LogP contribution is 2.15. The lowest BCUT2D eigenvalue weighted by Gasteiger charge is -2.06. The summed E-state index contributed by atoms with van der Waals surface area (Å²) in [4.78, 5) is 12.0. The van der Waals surface area contributed by atoms with Crippen molar-refractivity contribution >= 4 is 12.1 Å². The van der Waals surface area contributed by atoms with Crippen molar-refractivity contribution in [3.63, 3.8) is 0 Å². The van der Waals surface area contributed by atoms with Gasteiger partial charge in [-0.15, -0.1) is 0 Å². The molecule has 118 valence electrons. The summed E-state index contributed by atoms with van der Waals surface area (Å²) in [7, 11) is 1.57. The number of hydrazone groups is 1. The Bertz CT molecular complexity index is 694. The molecule has 0 bridgehead atoms. The minimum Gasteiger partial charge on any atom is -0.497 e. The Balaban J connectivity index is 2.00. The number of nitrogens with zero attached hydrogens (tertiary/aromatic N) is 1. The molecular formula is C18H18N2O3. The fourth-order valence-corrected chi connectivity index (χ4v) is 1.83. The van der Waals surface area contributed by atoms with Crippen molar-refractivity contribution in [2.75, 3.05) is 13.7 Å². The minimum absolute atomic E-state index is 0.298. The predicted octanol–water partition coefficient (Wildman–Crippen LogP) is 3.02. The molecule has 5 heteroatoms. The Hall–Kier alpha value is -3.08. The van der Waals surface area contributed by atoms with Crippen LogP contribution >= 0.6 is 0 Å². The third-order valence-electron chi connectivity index (χ3n) is 3.00. The van der Waals surface area contributed by atoms with E-state index in [2.05, 4.69) is 17.1 Å². The number of amides is 1. The minimum atomic E-state index is -0.298. The van der Waals surface area contributed by atoms with Crippen LogP contribution in [0.15, 0.2) is 66.3 Å². The summed E-state index contributed by atoms with van der Waals surface area (Å²) in [5.41, 5.74) is 3.75. The number of benzene rings is 2. The van der Waals surface area contributed by atoms with E-state index in [0.29, 0.717) is 23.7 Å². The molecular weight excluding hydrogens is 292 g/mol. The SMILES string of the molecule is C=CCOc1ccccc1C=NNC(=O)c1ccc(OC)cc1. The van der Waals surface area contributed by atoms with E-state index >= 15 is 0 Å². The zero-order chi connectivity index (χ0) is 16.5. The third-order valence-corrected chi connectivity index (χ3v) is 3.00. The molecule has 1 N–H and O–H groups in total. The quantitative estimate of drug-likeness (QED) is 0.486. The number of carbonyl (C=O) groups is 1. The van der Waals surface area contributed by atoms with Crippen molar-refractivity contribution in [3.8, 4) is 11.5 Å². The molecule has 2 rings (SSSR count). The van der Waals surface area contributed by atoms with Crippen LogP contribution in [0, 0.1) is 0 Å². The van der Waals surface area contributed by atoms with E-state index in [1.54, 1.807) is 43.7 Å². The van der Waals surface area contributed by atoms with E-state index in [1.165, 1.54) is 0 Å². The Morgan fingerprint density at radius 1 is 1.22 bits per heavy atom. The van der Waals surface area contributed by atoms with Crippen molar-refractivity contribution < 1.29 is 14.3 Å². The van der Waals surface area contributed by atoms with E-state index in [-0.39, 0.29) is 5.91 Å². The zero-order valence-corrected chi connectivity index (χ0v) is 12.9. The lowest BCUT2D eigenvalue weighted by Crippen LogP contribution is -2.17. The molecule has 0 saturated carbocycles. The summed E-state index contributed by atoms with van der Waals surface area (Å²) in [6.07, 6.45) is 3.21. The highest BCUT2D eigenvalue weighted by molar-refractivity contribution is 5.95. The second-order valence-electron chi connectivity index (χ2n) is 4.57. The first kappa shape index (κ1) is 16.3. The first-order valence-corrected chi connectivity index (χ1v) is 7.04. The Morgan fingerprint density at radius 3 is 2.65 bits per heavy atom. The van der Waals surface area contributed by atoms with Crippen LogP contribution < -0.4 is 14.9 Å². The molecule has 1 amide bonds. The fourth-order valence-electron chi connectivity index (χ4n) is 1.83. The number of nitrogens with one attached hydrogen (secondary N) is 1. The van der Waals surface area contributed by atoms with Crippen molar-refractivity contribution in [1.29, 1.82) is 0 Å². The molecule has 0 radical (unpaired) electrons. The first-order chi connectivity index (χ1) is 11.2. The molecule has 0 spiro atoms. The van der Waals surface area contributed by atoms with Gasteiger partial charge in [0, 0.05) is 11.1 Å². The number of hydrogen-bond acceptors (Lipinski definition) is 4. The van der Waals surface area contributed by atoms with Gasteiger partial charge in [-0.2, -0.15) is 5.10 Å². The molecule has 23 heavy (non-hydrogen) atoms. The summed E-state index contributed by atoms with van der Waals surface area (Å²) in [6, 6.07) is 14.2. The molecule has 2 aromatic carbocycles. The number of carbonyl (C=O) groups excluding carboxylic acids is 1. The molecule has 0 aliphatic carbocycles. The van der Waals surface area contributed by atoms with Crippen molar-refractivity contribution in [1.82, 2.24) is 5.43 Å². The van der Waals surface area contributed by atoms with Gasteiger partial charge in [-0.25, -0.2) is 5.43 Å².